The average Bonchev–Trinajstić information content (AvgIpc) is 2.20. The predicted octanol–water partition coefficient (Wildman–Crippen LogP) is 2.63. The van der Waals surface area contributed by atoms with Crippen LogP contribution in [0.3, 0.4) is 0 Å². The quantitative estimate of drug-likeness (QED) is 0.702. The summed E-state index contributed by atoms with van der Waals surface area (Å²) in [5.74, 6) is 1.16. The van der Waals surface area contributed by atoms with Gasteiger partial charge in [0, 0.05) is 12.1 Å². The number of hydrogen-bond donors (Lipinski definition) is 2. The molecule has 0 spiro atoms. The number of thioether (sulfide) groups is 1. The van der Waals surface area contributed by atoms with Crippen molar-refractivity contribution >= 4 is 17.9 Å². The van der Waals surface area contributed by atoms with Crippen molar-refractivity contribution in [1.29, 1.82) is 0 Å². The Morgan fingerprint density at radius 2 is 1.83 bits per heavy atom. The summed E-state index contributed by atoms with van der Waals surface area (Å²) in [6.07, 6.45) is 2.88. The van der Waals surface area contributed by atoms with Gasteiger partial charge in [0.1, 0.15) is 5.60 Å². The molecule has 0 unspecified atom stereocenters. The van der Waals surface area contributed by atoms with Crippen molar-refractivity contribution in [3.05, 3.63) is 0 Å². The number of alkyl carbamates (subject to hydrolysis) is 1. The molecule has 0 aliphatic heterocycles. The van der Waals surface area contributed by atoms with Crippen LogP contribution in [0.1, 0.15) is 41.0 Å². The van der Waals surface area contributed by atoms with Crippen LogP contribution in [-0.2, 0) is 4.74 Å². The Bertz CT molecular complexity index is 250. The lowest BCUT2D eigenvalue weighted by Gasteiger charge is -2.28. The van der Waals surface area contributed by atoms with E-state index in [1.54, 1.807) is 0 Å². The van der Waals surface area contributed by atoms with E-state index in [-0.39, 0.29) is 11.6 Å². The highest BCUT2D eigenvalue weighted by atomic mass is 32.2. The molecule has 0 aromatic heterocycles. The van der Waals surface area contributed by atoms with Gasteiger partial charge in [0.05, 0.1) is 0 Å². The monoisotopic (exact) mass is 276 g/mol. The number of hydrogen-bond acceptors (Lipinski definition) is 4. The summed E-state index contributed by atoms with van der Waals surface area (Å²) < 4.78 is 5.19. The van der Waals surface area contributed by atoms with Crippen LogP contribution < -0.4 is 10.6 Å². The maximum Gasteiger partial charge on any atom is 0.407 e. The van der Waals surface area contributed by atoms with Gasteiger partial charge in [0.2, 0.25) is 0 Å². The zero-order valence-electron chi connectivity index (χ0n) is 12.6. The Morgan fingerprint density at radius 1 is 1.22 bits per heavy atom. The first-order valence-electron chi connectivity index (χ1n) is 6.37. The number of nitrogens with one attached hydrogen (secondary N) is 2. The van der Waals surface area contributed by atoms with Gasteiger partial charge in [-0.2, -0.15) is 11.8 Å². The van der Waals surface area contributed by atoms with Crippen LogP contribution in [0.25, 0.3) is 0 Å². The molecule has 0 atom stereocenters. The summed E-state index contributed by atoms with van der Waals surface area (Å²) in [6, 6.07) is 0. The van der Waals surface area contributed by atoms with Gasteiger partial charge in [-0.05, 0) is 59.6 Å². The first-order chi connectivity index (χ1) is 8.16. The van der Waals surface area contributed by atoms with Gasteiger partial charge in [-0.15, -0.1) is 0 Å². The molecule has 0 heterocycles. The molecule has 0 aliphatic rings. The van der Waals surface area contributed by atoms with Crippen molar-refractivity contribution in [2.45, 2.75) is 52.2 Å². The Hall–Kier alpha value is -0.420. The molecule has 0 saturated carbocycles. The van der Waals surface area contributed by atoms with Gasteiger partial charge >= 0.3 is 6.09 Å². The van der Waals surface area contributed by atoms with Crippen molar-refractivity contribution in [2.75, 3.05) is 25.1 Å². The highest BCUT2D eigenvalue weighted by molar-refractivity contribution is 7.98. The fourth-order valence-corrected chi connectivity index (χ4v) is 1.75. The molecule has 0 aromatic carbocycles. The number of carbonyl (C=O) groups is 1. The Kier molecular flexibility index (Phi) is 7.71. The summed E-state index contributed by atoms with van der Waals surface area (Å²) in [5.41, 5.74) is -0.560. The van der Waals surface area contributed by atoms with Crippen LogP contribution in [0.15, 0.2) is 0 Å². The number of ether oxygens (including phenoxy) is 1. The van der Waals surface area contributed by atoms with Crippen LogP contribution in [0.2, 0.25) is 0 Å². The highest BCUT2D eigenvalue weighted by Gasteiger charge is 2.20. The summed E-state index contributed by atoms with van der Waals surface area (Å²) >= 11 is 1.85. The van der Waals surface area contributed by atoms with Gasteiger partial charge < -0.3 is 15.4 Å². The minimum absolute atomic E-state index is 0.116. The first kappa shape index (κ1) is 17.6. The lowest BCUT2D eigenvalue weighted by Crippen LogP contribution is -2.50. The van der Waals surface area contributed by atoms with Crippen LogP contribution in [0.4, 0.5) is 4.79 Å². The molecule has 4 nitrogen and oxygen atoms in total. The molecule has 18 heavy (non-hydrogen) atoms. The summed E-state index contributed by atoms with van der Waals surface area (Å²) in [5, 5.41) is 6.22. The van der Waals surface area contributed by atoms with E-state index in [4.69, 9.17) is 4.74 Å². The van der Waals surface area contributed by atoms with Crippen LogP contribution >= 0.6 is 11.8 Å². The minimum Gasteiger partial charge on any atom is -0.444 e. The molecule has 0 aromatic rings. The molecular formula is C13H28N2O2S. The second-order valence-electron chi connectivity index (χ2n) is 6.01. The van der Waals surface area contributed by atoms with E-state index in [9.17, 15) is 4.79 Å². The average molecular weight is 276 g/mol. The Labute approximate surface area is 116 Å². The van der Waals surface area contributed by atoms with Crippen molar-refractivity contribution in [3.63, 3.8) is 0 Å². The van der Waals surface area contributed by atoms with E-state index in [0.717, 1.165) is 18.7 Å². The lowest BCUT2D eigenvalue weighted by atomic mass is 10.1. The normalized spacial score (nSPS) is 12.3. The number of carbonyl (C=O) groups excluding carboxylic acids is 1. The van der Waals surface area contributed by atoms with Crippen LogP contribution in [0, 0.1) is 0 Å². The zero-order valence-corrected chi connectivity index (χ0v) is 13.4. The molecule has 5 heteroatoms. The maximum absolute atomic E-state index is 11.5. The summed E-state index contributed by atoms with van der Waals surface area (Å²) in [7, 11) is 0. The topological polar surface area (TPSA) is 50.4 Å². The van der Waals surface area contributed by atoms with Gasteiger partial charge in [-0.3, -0.25) is 0 Å². The fraction of sp³-hybridized carbons (Fsp3) is 0.923. The summed E-state index contributed by atoms with van der Waals surface area (Å²) in [4.78, 5) is 11.5. The molecule has 0 radical (unpaired) electrons. The first-order valence-corrected chi connectivity index (χ1v) is 7.76. The van der Waals surface area contributed by atoms with Crippen molar-refractivity contribution in [3.8, 4) is 0 Å². The smallest absolute Gasteiger partial charge is 0.407 e. The van der Waals surface area contributed by atoms with E-state index in [1.807, 2.05) is 32.5 Å². The number of rotatable bonds is 7. The molecule has 1 amide bonds. The molecule has 108 valence electrons. The van der Waals surface area contributed by atoms with Crippen molar-refractivity contribution in [1.82, 2.24) is 10.6 Å². The second kappa shape index (κ2) is 7.89. The van der Waals surface area contributed by atoms with Gasteiger partial charge in [-0.1, -0.05) is 0 Å². The van der Waals surface area contributed by atoms with E-state index in [0.29, 0.717) is 6.54 Å². The maximum atomic E-state index is 11.5. The van der Waals surface area contributed by atoms with Crippen molar-refractivity contribution < 1.29 is 9.53 Å². The van der Waals surface area contributed by atoms with Gasteiger partial charge in [-0.25, -0.2) is 4.79 Å². The Balaban J connectivity index is 3.84. The standard InChI is InChI=1S/C13H28N2O2S/c1-12(2,3)17-11(16)14-10-13(4,5)15-8-7-9-18-6/h15H,7-10H2,1-6H3,(H,14,16). The lowest BCUT2D eigenvalue weighted by molar-refractivity contribution is 0.0514. The molecule has 0 fully saturated rings. The van der Waals surface area contributed by atoms with Gasteiger partial charge in [0.25, 0.3) is 0 Å². The molecular weight excluding hydrogens is 248 g/mol. The summed E-state index contributed by atoms with van der Waals surface area (Å²) in [6.45, 7) is 11.2. The number of amides is 1. The van der Waals surface area contributed by atoms with Crippen molar-refractivity contribution in [2.24, 2.45) is 0 Å². The Morgan fingerprint density at radius 3 is 2.33 bits per heavy atom. The zero-order chi connectivity index (χ0) is 14.2. The van der Waals surface area contributed by atoms with Crippen LogP contribution in [-0.4, -0.2) is 42.3 Å². The third-order valence-corrected chi connectivity index (χ3v) is 2.90. The molecule has 0 saturated heterocycles. The van der Waals surface area contributed by atoms with E-state index < -0.39 is 5.60 Å². The largest absolute Gasteiger partial charge is 0.444 e. The van der Waals surface area contributed by atoms with Gasteiger partial charge in [0.15, 0.2) is 0 Å². The fourth-order valence-electron chi connectivity index (χ4n) is 1.31. The third-order valence-electron chi connectivity index (χ3n) is 2.20. The minimum atomic E-state index is -0.444. The third kappa shape index (κ3) is 10.7. The second-order valence-corrected chi connectivity index (χ2v) is 7.00. The van der Waals surface area contributed by atoms with E-state index in [2.05, 4.69) is 30.7 Å². The highest BCUT2D eigenvalue weighted by Crippen LogP contribution is 2.07. The van der Waals surface area contributed by atoms with Crippen LogP contribution in [0.5, 0.6) is 0 Å². The molecule has 0 bridgehead atoms. The molecule has 0 rings (SSSR count). The molecule has 0 aliphatic carbocycles. The molecule has 2 N–H and O–H groups in total. The SMILES string of the molecule is CSCCCNC(C)(C)CNC(=O)OC(C)(C)C. The van der Waals surface area contributed by atoms with E-state index >= 15 is 0 Å². The van der Waals surface area contributed by atoms with E-state index in [1.165, 1.54) is 0 Å². The predicted molar refractivity (Wildman–Crippen MR) is 79.3 cm³/mol.